The summed E-state index contributed by atoms with van der Waals surface area (Å²) in [5.41, 5.74) is 0.934. The Kier molecular flexibility index (Phi) is 5.30. The lowest BCUT2D eigenvalue weighted by Crippen LogP contribution is -2.54. The van der Waals surface area contributed by atoms with Gasteiger partial charge in [-0.05, 0) is 30.3 Å². The summed E-state index contributed by atoms with van der Waals surface area (Å²) in [6.07, 6.45) is 2.66. The fourth-order valence-electron chi connectivity index (χ4n) is 3.70. The number of carbonyl (C=O) groups is 2. The second kappa shape index (κ2) is 8.39. The van der Waals surface area contributed by atoms with Crippen LogP contribution in [0.5, 0.6) is 11.5 Å². The quantitative estimate of drug-likeness (QED) is 0.592. The molecule has 2 aliphatic rings. The lowest BCUT2D eigenvalue weighted by atomic mass is 10.2. The lowest BCUT2D eigenvalue weighted by Gasteiger charge is -2.36. The molecule has 3 aromatic rings. The first-order chi connectivity index (χ1) is 15.2. The fourth-order valence-corrected chi connectivity index (χ4v) is 4.57. The molecule has 1 atom stereocenters. The van der Waals surface area contributed by atoms with Crippen molar-refractivity contribution < 1.29 is 19.1 Å². The third-order valence-corrected chi connectivity index (χ3v) is 6.37. The van der Waals surface area contributed by atoms with Crippen molar-refractivity contribution in [2.24, 2.45) is 0 Å². The van der Waals surface area contributed by atoms with Gasteiger partial charge in [-0.1, -0.05) is 24.3 Å². The van der Waals surface area contributed by atoms with Crippen LogP contribution in [-0.4, -0.2) is 65.5 Å². The number of benzene rings is 2. The number of hydrogen-bond acceptors (Lipinski definition) is 6. The van der Waals surface area contributed by atoms with E-state index < -0.39 is 6.10 Å². The summed E-state index contributed by atoms with van der Waals surface area (Å²) in [5.74, 6) is 1.06. The second-order valence-electron chi connectivity index (χ2n) is 7.37. The van der Waals surface area contributed by atoms with Crippen LogP contribution in [0.25, 0.3) is 16.3 Å². The smallest absolute Gasteiger partial charge is 0.267 e. The number of aromatic nitrogens is 1. The molecule has 7 nitrogen and oxygen atoms in total. The number of carbonyl (C=O) groups excluding carboxylic acids is 2. The van der Waals surface area contributed by atoms with Gasteiger partial charge >= 0.3 is 0 Å². The first kappa shape index (κ1) is 19.6. The molecule has 2 aromatic carbocycles. The maximum absolute atomic E-state index is 12.8. The molecule has 0 saturated carbocycles. The molecular weight excluding hydrogens is 414 g/mol. The van der Waals surface area contributed by atoms with Crippen LogP contribution in [0.4, 0.5) is 0 Å². The minimum atomic E-state index is -0.656. The van der Waals surface area contributed by atoms with Gasteiger partial charge in [0, 0.05) is 32.3 Å². The molecule has 8 heteroatoms. The summed E-state index contributed by atoms with van der Waals surface area (Å²) in [7, 11) is 0. The van der Waals surface area contributed by atoms with Gasteiger partial charge in [0.15, 0.2) is 11.5 Å². The van der Waals surface area contributed by atoms with E-state index in [1.807, 2.05) is 42.5 Å². The standard InChI is InChI=1S/C23H21N3O4S/c27-22(10-9-21-24-16-5-1-4-8-20(16)31-21)25-11-13-26(14-12-25)23(28)19-15-29-17-6-2-3-7-18(17)30-19/h1-10,19H,11-15H2/b10-9+. The Morgan fingerprint density at radius 1 is 0.968 bits per heavy atom. The summed E-state index contributed by atoms with van der Waals surface area (Å²) in [5, 5.41) is 0.804. The normalized spacial score (nSPS) is 18.5. The minimum Gasteiger partial charge on any atom is -0.485 e. The van der Waals surface area contributed by atoms with Crippen LogP contribution in [0.15, 0.2) is 54.6 Å². The highest BCUT2D eigenvalue weighted by molar-refractivity contribution is 7.19. The Bertz CT molecular complexity index is 1120. The molecule has 0 radical (unpaired) electrons. The Labute approximate surface area is 183 Å². The summed E-state index contributed by atoms with van der Waals surface area (Å²) in [6.45, 7) is 2.11. The fraction of sp³-hybridized carbons (Fsp3) is 0.261. The van der Waals surface area contributed by atoms with Gasteiger partial charge in [-0.3, -0.25) is 9.59 Å². The first-order valence-electron chi connectivity index (χ1n) is 10.2. The van der Waals surface area contributed by atoms with Gasteiger partial charge in [0.2, 0.25) is 12.0 Å². The van der Waals surface area contributed by atoms with Gasteiger partial charge in [-0.2, -0.15) is 0 Å². The summed E-state index contributed by atoms with van der Waals surface area (Å²) in [6, 6.07) is 15.2. The number of ether oxygens (including phenoxy) is 2. The zero-order chi connectivity index (χ0) is 21.2. The minimum absolute atomic E-state index is 0.0717. The Balaban J connectivity index is 1.15. The van der Waals surface area contributed by atoms with Crippen molar-refractivity contribution in [2.75, 3.05) is 32.8 Å². The second-order valence-corrected chi connectivity index (χ2v) is 8.43. The largest absolute Gasteiger partial charge is 0.485 e. The predicted molar refractivity (Wildman–Crippen MR) is 118 cm³/mol. The van der Waals surface area contributed by atoms with Gasteiger partial charge in [-0.15, -0.1) is 11.3 Å². The number of hydrogen-bond donors (Lipinski definition) is 0. The molecule has 1 saturated heterocycles. The van der Waals surface area contributed by atoms with E-state index in [1.165, 1.54) is 0 Å². The van der Waals surface area contributed by atoms with Crippen LogP contribution in [0.3, 0.4) is 0 Å². The highest BCUT2D eigenvalue weighted by Crippen LogP contribution is 2.31. The van der Waals surface area contributed by atoms with Crippen molar-refractivity contribution in [3.8, 4) is 11.5 Å². The molecule has 0 bridgehead atoms. The number of nitrogens with zero attached hydrogens (tertiary/aromatic N) is 3. The molecule has 1 aromatic heterocycles. The number of thiazole rings is 1. The topological polar surface area (TPSA) is 72.0 Å². The molecule has 0 aliphatic carbocycles. The van der Waals surface area contributed by atoms with Gasteiger partial charge in [0.05, 0.1) is 10.2 Å². The van der Waals surface area contributed by atoms with E-state index in [1.54, 1.807) is 39.4 Å². The number of piperazine rings is 1. The Morgan fingerprint density at radius 3 is 2.48 bits per heavy atom. The molecule has 158 valence electrons. The van der Waals surface area contributed by atoms with Crippen molar-refractivity contribution in [3.05, 3.63) is 59.6 Å². The van der Waals surface area contributed by atoms with Crippen molar-refractivity contribution in [1.82, 2.24) is 14.8 Å². The molecule has 5 rings (SSSR count). The summed E-state index contributed by atoms with van der Waals surface area (Å²) >= 11 is 1.55. The van der Waals surface area contributed by atoms with Gasteiger partial charge in [-0.25, -0.2) is 4.98 Å². The summed E-state index contributed by atoms with van der Waals surface area (Å²) < 4.78 is 12.6. The highest BCUT2D eigenvalue weighted by atomic mass is 32.1. The van der Waals surface area contributed by atoms with Gasteiger partial charge in [0.1, 0.15) is 11.6 Å². The Morgan fingerprint density at radius 2 is 1.68 bits per heavy atom. The zero-order valence-electron chi connectivity index (χ0n) is 16.8. The molecule has 3 heterocycles. The lowest BCUT2D eigenvalue weighted by molar-refractivity contribution is -0.145. The van der Waals surface area contributed by atoms with Crippen LogP contribution in [0.2, 0.25) is 0 Å². The van der Waals surface area contributed by atoms with Crippen molar-refractivity contribution in [2.45, 2.75) is 6.10 Å². The SMILES string of the molecule is O=C(/C=C/c1nc2ccccc2s1)N1CCN(C(=O)C2COc3ccccc3O2)CC1. The van der Waals surface area contributed by atoms with E-state index in [9.17, 15) is 9.59 Å². The number of amides is 2. The van der Waals surface area contributed by atoms with Crippen LogP contribution in [0.1, 0.15) is 5.01 Å². The van der Waals surface area contributed by atoms with Crippen LogP contribution in [-0.2, 0) is 9.59 Å². The molecule has 2 amide bonds. The van der Waals surface area contributed by atoms with Crippen molar-refractivity contribution >= 4 is 39.4 Å². The average Bonchev–Trinajstić information content (AvgIpc) is 3.25. The van der Waals surface area contributed by atoms with E-state index in [2.05, 4.69) is 4.98 Å². The average molecular weight is 436 g/mol. The number of fused-ring (bicyclic) bond motifs is 2. The van der Waals surface area contributed by atoms with E-state index in [0.29, 0.717) is 37.7 Å². The molecule has 0 N–H and O–H groups in total. The Hall–Kier alpha value is -3.39. The molecule has 31 heavy (non-hydrogen) atoms. The summed E-state index contributed by atoms with van der Waals surface area (Å²) in [4.78, 5) is 33.4. The van der Waals surface area contributed by atoms with Gasteiger partial charge < -0.3 is 19.3 Å². The highest BCUT2D eigenvalue weighted by Gasteiger charge is 2.33. The van der Waals surface area contributed by atoms with E-state index in [0.717, 1.165) is 15.2 Å². The van der Waals surface area contributed by atoms with Crippen molar-refractivity contribution in [3.63, 3.8) is 0 Å². The van der Waals surface area contributed by atoms with Gasteiger partial charge in [0.25, 0.3) is 5.91 Å². The number of rotatable bonds is 3. The zero-order valence-corrected chi connectivity index (χ0v) is 17.6. The molecular formula is C23H21N3O4S. The first-order valence-corrected chi connectivity index (χ1v) is 11.0. The maximum Gasteiger partial charge on any atom is 0.267 e. The maximum atomic E-state index is 12.8. The number of para-hydroxylation sites is 3. The molecule has 1 unspecified atom stereocenters. The third-order valence-electron chi connectivity index (χ3n) is 5.37. The molecule has 0 spiro atoms. The van der Waals surface area contributed by atoms with E-state index >= 15 is 0 Å². The van der Waals surface area contributed by atoms with Crippen LogP contribution >= 0.6 is 11.3 Å². The van der Waals surface area contributed by atoms with E-state index in [4.69, 9.17) is 9.47 Å². The monoisotopic (exact) mass is 435 g/mol. The molecule has 1 fully saturated rings. The van der Waals surface area contributed by atoms with Crippen LogP contribution < -0.4 is 9.47 Å². The van der Waals surface area contributed by atoms with Crippen molar-refractivity contribution in [1.29, 1.82) is 0 Å². The molecule has 2 aliphatic heterocycles. The van der Waals surface area contributed by atoms with Crippen LogP contribution in [0, 0.1) is 0 Å². The predicted octanol–water partition coefficient (Wildman–Crippen LogP) is 2.82. The van der Waals surface area contributed by atoms with E-state index in [-0.39, 0.29) is 18.4 Å². The third kappa shape index (κ3) is 4.11.